The zero-order chi connectivity index (χ0) is 23.5. The molecule has 1 fully saturated rings. The van der Waals surface area contributed by atoms with Crippen LogP contribution in [0.2, 0.25) is 10.0 Å². The van der Waals surface area contributed by atoms with Crippen LogP contribution in [0.3, 0.4) is 0 Å². The molecule has 0 spiro atoms. The molecular weight excluding hydrogens is 461 g/mol. The highest BCUT2D eigenvalue weighted by Gasteiger charge is 2.50. The Kier molecular flexibility index (Phi) is 7.01. The molecule has 0 bridgehead atoms. The molecule has 33 heavy (non-hydrogen) atoms. The molecule has 1 saturated heterocycles. The molecule has 7 heteroatoms. The van der Waals surface area contributed by atoms with Crippen molar-refractivity contribution in [2.75, 3.05) is 20.8 Å². The molecule has 5 nitrogen and oxygen atoms in total. The van der Waals surface area contributed by atoms with Gasteiger partial charge in [-0.2, -0.15) is 0 Å². The molecule has 172 valence electrons. The van der Waals surface area contributed by atoms with E-state index in [0.717, 1.165) is 16.7 Å². The molecule has 1 aliphatic rings. The molecule has 3 aromatic carbocycles. The van der Waals surface area contributed by atoms with Gasteiger partial charge in [0.15, 0.2) is 11.5 Å². The molecule has 0 unspecified atom stereocenters. The number of β-lactam (4-membered cyclic amide) rings is 1. The number of amides is 1. The van der Waals surface area contributed by atoms with Crippen LogP contribution in [0.1, 0.15) is 22.7 Å². The van der Waals surface area contributed by atoms with Crippen molar-refractivity contribution in [3.05, 3.63) is 87.4 Å². The summed E-state index contributed by atoms with van der Waals surface area (Å²) in [7, 11) is 3.20. The molecule has 0 aliphatic carbocycles. The van der Waals surface area contributed by atoms with Gasteiger partial charge >= 0.3 is 0 Å². The smallest absolute Gasteiger partial charge is 0.266 e. The minimum atomic E-state index is -0.674. The number of carbonyl (C=O) groups excluding carboxylic acids is 1. The second-order valence-electron chi connectivity index (χ2n) is 7.86. The van der Waals surface area contributed by atoms with Gasteiger partial charge in [-0.3, -0.25) is 4.79 Å². The Hall–Kier alpha value is -2.89. The Morgan fingerprint density at radius 2 is 1.67 bits per heavy atom. The van der Waals surface area contributed by atoms with Crippen molar-refractivity contribution >= 4 is 29.1 Å². The molecule has 1 aliphatic heterocycles. The minimum absolute atomic E-state index is 0.0835. The van der Waals surface area contributed by atoms with Crippen LogP contribution in [0.4, 0.5) is 0 Å². The topological polar surface area (TPSA) is 48.0 Å². The number of nitrogens with zero attached hydrogens (tertiary/aromatic N) is 1. The van der Waals surface area contributed by atoms with Gasteiger partial charge in [0.1, 0.15) is 11.8 Å². The van der Waals surface area contributed by atoms with Crippen LogP contribution in [0.25, 0.3) is 0 Å². The van der Waals surface area contributed by atoms with Crippen LogP contribution >= 0.6 is 23.2 Å². The lowest BCUT2D eigenvalue weighted by molar-refractivity contribution is -0.164. The molecule has 0 saturated carbocycles. The lowest BCUT2D eigenvalue weighted by Gasteiger charge is -2.47. The van der Waals surface area contributed by atoms with Gasteiger partial charge < -0.3 is 19.1 Å². The van der Waals surface area contributed by atoms with Gasteiger partial charge in [0.2, 0.25) is 6.10 Å². The molecule has 4 rings (SSSR count). The molecule has 2 atom stereocenters. The Balaban J connectivity index is 1.59. The van der Waals surface area contributed by atoms with Crippen LogP contribution in [0, 0.1) is 6.92 Å². The van der Waals surface area contributed by atoms with E-state index in [9.17, 15) is 4.79 Å². The molecule has 1 heterocycles. The Morgan fingerprint density at radius 1 is 0.909 bits per heavy atom. The number of hydrogen-bond donors (Lipinski definition) is 0. The molecule has 0 N–H and O–H groups in total. The van der Waals surface area contributed by atoms with Crippen molar-refractivity contribution < 1.29 is 19.0 Å². The SMILES string of the molecule is COc1ccc(CCN2C(=O)[C@H](Oc3ccccc3C)[C@H]2c2cccc(Cl)c2Cl)cc1OC. The molecule has 0 radical (unpaired) electrons. The van der Waals surface area contributed by atoms with E-state index in [-0.39, 0.29) is 11.9 Å². The number of methoxy groups -OCH3 is 2. The predicted octanol–water partition coefficient (Wildman–Crippen LogP) is 5.89. The van der Waals surface area contributed by atoms with Crippen LogP contribution in [-0.4, -0.2) is 37.7 Å². The summed E-state index contributed by atoms with van der Waals surface area (Å²) in [4.78, 5) is 15.0. The van der Waals surface area contributed by atoms with Gasteiger partial charge in [0.25, 0.3) is 5.91 Å². The summed E-state index contributed by atoms with van der Waals surface area (Å²) in [5.41, 5.74) is 2.76. The van der Waals surface area contributed by atoms with Gasteiger partial charge in [0.05, 0.1) is 24.3 Å². The highest BCUT2D eigenvalue weighted by molar-refractivity contribution is 6.42. The van der Waals surface area contributed by atoms with Crippen molar-refractivity contribution in [1.82, 2.24) is 4.90 Å². The number of aryl methyl sites for hydroxylation is 1. The summed E-state index contributed by atoms with van der Waals surface area (Å²) in [6.07, 6.45) is -0.0369. The van der Waals surface area contributed by atoms with Gasteiger partial charge in [-0.15, -0.1) is 0 Å². The Morgan fingerprint density at radius 3 is 2.39 bits per heavy atom. The first-order valence-corrected chi connectivity index (χ1v) is 11.4. The van der Waals surface area contributed by atoms with E-state index in [2.05, 4.69) is 0 Å². The quantitative estimate of drug-likeness (QED) is 0.373. The number of rotatable bonds is 8. The lowest BCUT2D eigenvalue weighted by Crippen LogP contribution is -2.61. The van der Waals surface area contributed by atoms with E-state index in [1.165, 1.54) is 0 Å². The fourth-order valence-electron chi connectivity index (χ4n) is 4.07. The maximum atomic E-state index is 13.2. The number of carbonyl (C=O) groups is 1. The van der Waals surface area contributed by atoms with E-state index in [0.29, 0.717) is 40.3 Å². The maximum Gasteiger partial charge on any atom is 0.266 e. The van der Waals surface area contributed by atoms with Crippen LogP contribution in [0.5, 0.6) is 17.2 Å². The Labute approximate surface area is 203 Å². The number of likely N-dealkylation sites (tertiary alicyclic amines) is 1. The van der Waals surface area contributed by atoms with E-state index < -0.39 is 6.10 Å². The average Bonchev–Trinajstić information content (AvgIpc) is 2.83. The summed E-state index contributed by atoms with van der Waals surface area (Å²) in [5.74, 6) is 1.91. The third-order valence-electron chi connectivity index (χ3n) is 5.89. The van der Waals surface area contributed by atoms with Gasteiger partial charge in [-0.1, -0.05) is 59.6 Å². The first-order chi connectivity index (χ1) is 15.9. The van der Waals surface area contributed by atoms with Crippen molar-refractivity contribution in [2.45, 2.75) is 25.5 Å². The van der Waals surface area contributed by atoms with Gasteiger partial charge in [-0.25, -0.2) is 0 Å². The van der Waals surface area contributed by atoms with Crippen molar-refractivity contribution in [2.24, 2.45) is 0 Å². The lowest BCUT2D eigenvalue weighted by atomic mass is 9.89. The highest BCUT2D eigenvalue weighted by atomic mass is 35.5. The van der Waals surface area contributed by atoms with E-state index in [1.807, 2.05) is 61.5 Å². The first-order valence-electron chi connectivity index (χ1n) is 10.6. The van der Waals surface area contributed by atoms with Crippen LogP contribution in [-0.2, 0) is 11.2 Å². The standard InChI is InChI=1S/C26H25Cl2NO4/c1-16-7-4-5-10-20(16)33-25-24(18-8-6-9-19(27)23(18)28)29(26(25)30)14-13-17-11-12-21(31-2)22(15-17)32-3/h4-12,15,24-25H,13-14H2,1-3H3/t24-,25-/m1/s1. The second-order valence-corrected chi connectivity index (χ2v) is 8.65. The number of para-hydroxylation sites is 1. The summed E-state index contributed by atoms with van der Waals surface area (Å²) >= 11 is 12.8. The van der Waals surface area contributed by atoms with E-state index >= 15 is 0 Å². The third kappa shape index (κ3) is 4.61. The normalized spacial score (nSPS) is 17.5. The summed E-state index contributed by atoms with van der Waals surface area (Å²) in [6.45, 7) is 2.45. The molecule has 1 amide bonds. The highest BCUT2D eigenvalue weighted by Crippen LogP contribution is 2.43. The summed E-state index contributed by atoms with van der Waals surface area (Å²) in [5, 5.41) is 0.883. The molecule has 3 aromatic rings. The fourth-order valence-corrected chi connectivity index (χ4v) is 4.49. The number of hydrogen-bond acceptors (Lipinski definition) is 4. The van der Waals surface area contributed by atoms with Crippen molar-refractivity contribution in [1.29, 1.82) is 0 Å². The zero-order valence-electron chi connectivity index (χ0n) is 18.7. The minimum Gasteiger partial charge on any atom is -0.493 e. The van der Waals surface area contributed by atoms with E-state index in [1.54, 1.807) is 25.2 Å². The zero-order valence-corrected chi connectivity index (χ0v) is 20.2. The average molecular weight is 486 g/mol. The van der Waals surface area contributed by atoms with Crippen LogP contribution < -0.4 is 14.2 Å². The molecular formula is C26H25Cl2NO4. The fraction of sp³-hybridized carbons (Fsp3) is 0.269. The summed E-state index contributed by atoms with van der Waals surface area (Å²) in [6, 6.07) is 18.5. The van der Waals surface area contributed by atoms with Gasteiger partial charge in [-0.05, 0) is 54.3 Å². The second kappa shape index (κ2) is 9.94. The third-order valence-corrected chi connectivity index (χ3v) is 6.72. The van der Waals surface area contributed by atoms with Crippen LogP contribution in [0.15, 0.2) is 60.7 Å². The Bertz CT molecular complexity index is 1170. The molecule has 0 aromatic heterocycles. The number of benzene rings is 3. The van der Waals surface area contributed by atoms with Crippen molar-refractivity contribution in [3.8, 4) is 17.2 Å². The van der Waals surface area contributed by atoms with Gasteiger partial charge in [0, 0.05) is 6.54 Å². The number of ether oxygens (including phenoxy) is 3. The maximum absolute atomic E-state index is 13.2. The largest absolute Gasteiger partial charge is 0.493 e. The monoisotopic (exact) mass is 485 g/mol. The predicted molar refractivity (Wildman–Crippen MR) is 130 cm³/mol. The number of halogens is 2. The van der Waals surface area contributed by atoms with Crippen molar-refractivity contribution in [3.63, 3.8) is 0 Å². The van der Waals surface area contributed by atoms with E-state index in [4.69, 9.17) is 37.4 Å². The summed E-state index contributed by atoms with van der Waals surface area (Å²) < 4.78 is 16.9. The first kappa shape index (κ1) is 23.3.